The average Bonchev–Trinajstić information content (AvgIpc) is 2.66. The first kappa shape index (κ1) is 20.1. The Morgan fingerprint density at radius 1 is 1.04 bits per heavy atom. The summed E-state index contributed by atoms with van der Waals surface area (Å²) in [5, 5.41) is 13.1. The van der Waals surface area contributed by atoms with Gasteiger partial charge in [-0.15, -0.1) is 0 Å². The summed E-state index contributed by atoms with van der Waals surface area (Å²) in [7, 11) is 0. The molecule has 5 nitrogen and oxygen atoms in total. The van der Waals surface area contributed by atoms with Gasteiger partial charge in [0.1, 0.15) is 6.61 Å². The Morgan fingerprint density at radius 2 is 1.58 bits per heavy atom. The molecule has 5 heteroatoms. The van der Waals surface area contributed by atoms with Crippen molar-refractivity contribution in [1.29, 1.82) is 0 Å². The molecular weight excluding hydrogens is 328 g/mol. The van der Waals surface area contributed by atoms with E-state index in [1.54, 1.807) is 0 Å². The molecule has 1 amide bonds. The van der Waals surface area contributed by atoms with Crippen LogP contribution in [0.5, 0.6) is 0 Å². The van der Waals surface area contributed by atoms with Crippen LogP contribution in [-0.2, 0) is 22.6 Å². The molecule has 0 heterocycles. The molecular formula is C21H28N2O3. The molecule has 0 aromatic heterocycles. The van der Waals surface area contributed by atoms with E-state index in [1.807, 2.05) is 43.3 Å². The molecule has 0 radical (unpaired) electrons. The molecule has 2 aromatic carbocycles. The van der Waals surface area contributed by atoms with Crippen LogP contribution < -0.4 is 5.32 Å². The first-order valence-corrected chi connectivity index (χ1v) is 9.00. The van der Waals surface area contributed by atoms with Crippen LogP contribution in [0.15, 0.2) is 60.7 Å². The molecule has 2 aromatic rings. The molecule has 0 fully saturated rings. The predicted molar refractivity (Wildman–Crippen MR) is 103 cm³/mol. The summed E-state index contributed by atoms with van der Waals surface area (Å²) < 4.78 is 5.06. The fourth-order valence-corrected chi connectivity index (χ4v) is 2.71. The minimum atomic E-state index is -0.645. The zero-order valence-electron chi connectivity index (χ0n) is 15.3. The van der Waals surface area contributed by atoms with Crippen molar-refractivity contribution in [3.63, 3.8) is 0 Å². The summed E-state index contributed by atoms with van der Waals surface area (Å²) in [5.74, 6) is -0.205. The molecule has 0 aliphatic heterocycles. The standard InChI is InChI=1S/C21H28N2O3/c1-2-26-17-21(25)22-13-20(24)16-23(14-18-9-5-3-6-10-18)15-19-11-7-4-8-12-19/h3-12,20,24H,2,13-17H2,1H3,(H,22,25). The van der Waals surface area contributed by atoms with Crippen LogP contribution in [0.4, 0.5) is 0 Å². The van der Waals surface area contributed by atoms with Gasteiger partial charge in [0, 0.05) is 32.8 Å². The molecule has 1 atom stereocenters. The van der Waals surface area contributed by atoms with Gasteiger partial charge in [0.05, 0.1) is 6.10 Å². The van der Waals surface area contributed by atoms with E-state index in [4.69, 9.17) is 4.74 Å². The maximum atomic E-state index is 11.6. The highest BCUT2D eigenvalue weighted by Gasteiger charge is 2.14. The van der Waals surface area contributed by atoms with Crippen LogP contribution in [0.1, 0.15) is 18.1 Å². The van der Waals surface area contributed by atoms with Gasteiger partial charge >= 0.3 is 0 Å². The van der Waals surface area contributed by atoms with Crippen LogP contribution in [0.2, 0.25) is 0 Å². The van der Waals surface area contributed by atoms with E-state index >= 15 is 0 Å². The summed E-state index contributed by atoms with van der Waals surface area (Å²) in [6.07, 6.45) is -0.645. The average molecular weight is 356 g/mol. The number of hydrogen-bond acceptors (Lipinski definition) is 4. The minimum Gasteiger partial charge on any atom is -0.390 e. The van der Waals surface area contributed by atoms with Gasteiger partial charge in [0.2, 0.25) is 5.91 Å². The predicted octanol–water partition coefficient (Wildman–Crippen LogP) is 2.20. The first-order chi connectivity index (χ1) is 12.7. The summed E-state index contributed by atoms with van der Waals surface area (Å²) >= 11 is 0. The van der Waals surface area contributed by atoms with Crippen molar-refractivity contribution in [3.8, 4) is 0 Å². The maximum absolute atomic E-state index is 11.6. The molecule has 2 N–H and O–H groups in total. The van der Waals surface area contributed by atoms with Crippen LogP contribution in [0, 0.1) is 0 Å². The van der Waals surface area contributed by atoms with Gasteiger partial charge in [-0.25, -0.2) is 0 Å². The van der Waals surface area contributed by atoms with Crippen LogP contribution in [0.25, 0.3) is 0 Å². The van der Waals surface area contributed by atoms with E-state index in [2.05, 4.69) is 34.5 Å². The minimum absolute atomic E-state index is 0.0287. The normalized spacial score (nSPS) is 12.1. The summed E-state index contributed by atoms with van der Waals surface area (Å²) in [6.45, 7) is 4.52. The number of nitrogens with one attached hydrogen (secondary N) is 1. The monoisotopic (exact) mass is 356 g/mol. The molecule has 0 spiro atoms. The van der Waals surface area contributed by atoms with E-state index in [-0.39, 0.29) is 19.1 Å². The summed E-state index contributed by atoms with van der Waals surface area (Å²) in [4.78, 5) is 13.8. The third-order valence-corrected chi connectivity index (χ3v) is 3.94. The van der Waals surface area contributed by atoms with Gasteiger partial charge < -0.3 is 15.2 Å². The number of aliphatic hydroxyl groups excluding tert-OH is 1. The third kappa shape index (κ3) is 7.78. The molecule has 0 aliphatic carbocycles. The SMILES string of the molecule is CCOCC(=O)NCC(O)CN(Cc1ccccc1)Cc1ccccc1. The molecule has 2 rings (SSSR count). The number of aliphatic hydroxyl groups is 1. The van der Waals surface area contributed by atoms with E-state index in [9.17, 15) is 9.90 Å². The number of rotatable bonds is 11. The number of benzene rings is 2. The largest absolute Gasteiger partial charge is 0.390 e. The number of amides is 1. The Morgan fingerprint density at radius 3 is 2.08 bits per heavy atom. The quantitative estimate of drug-likeness (QED) is 0.648. The zero-order chi connectivity index (χ0) is 18.6. The number of carbonyl (C=O) groups excluding carboxylic acids is 1. The molecule has 0 saturated heterocycles. The van der Waals surface area contributed by atoms with Crippen LogP contribution in [0.3, 0.4) is 0 Å². The fraction of sp³-hybridized carbons (Fsp3) is 0.381. The number of ether oxygens (including phenoxy) is 1. The summed E-state index contributed by atoms with van der Waals surface area (Å²) in [5.41, 5.74) is 2.38. The van der Waals surface area contributed by atoms with Gasteiger partial charge in [-0.1, -0.05) is 60.7 Å². The smallest absolute Gasteiger partial charge is 0.246 e. The van der Waals surface area contributed by atoms with Gasteiger partial charge in [-0.3, -0.25) is 9.69 Å². The third-order valence-electron chi connectivity index (χ3n) is 3.94. The highest BCUT2D eigenvalue weighted by Crippen LogP contribution is 2.10. The van der Waals surface area contributed by atoms with Crippen molar-refractivity contribution in [1.82, 2.24) is 10.2 Å². The number of carbonyl (C=O) groups is 1. The van der Waals surface area contributed by atoms with E-state index in [1.165, 1.54) is 11.1 Å². The highest BCUT2D eigenvalue weighted by atomic mass is 16.5. The summed E-state index contributed by atoms with van der Waals surface area (Å²) in [6, 6.07) is 20.4. The lowest BCUT2D eigenvalue weighted by Gasteiger charge is -2.25. The number of nitrogens with zero attached hydrogens (tertiary/aromatic N) is 1. The van der Waals surface area contributed by atoms with Crippen molar-refractivity contribution < 1.29 is 14.6 Å². The lowest BCUT2D eigenvalue weighted by molar-refractivity contribution is -0.126. The Bertz CT molecular complexity index is 593. The molecule has 0 saturated carbocycles. The van der Waals surface area contributed by atoms with Crippen molar-refractivity contribution in [3.05, 3.63) is 71.8 Å². The Balaban J connectivity index is 1.91. The van der Waals surface area contributed by atoms with E-state index in [0.717, 1.165) is 13.1 Å². The topological polar surface area (TPSA) is 61.8 Å². The molecule has 0 bridgehead atoms. The van der Waals surface area contributed by atoms with Gasteiger partial charge in [0.25, 0.3) is 0 Å². The Labute approximate surface area is 155 Å². The second-order valence-electron chi connectivity index (χ2n) is 6.24. The Kier molecular flexibility index (Phi) is 8.83. The first-order valence-electron chi connectivity index (χ1n) is 9.00. The van der Waals surface area contributed by atoms with Crippen molar-refractivity contribution in [2.75, 3.05) is 26.3 Å². The molecule has 140 valence electrons. The molecule has 0 aliphatic rings. The molecule has 1 unspecified atom stereocenters. The van der Waals surface area contributed by atoms with E-state index < -0.39 is 6.10 Å². The maximum Gasteiger partial charge on any atom is 0.246 e. The van der Waals surface area contributed by atoms with Crippen LogP contribution >= 0.6 is 0 Å². The fourth-order valence-electron chi connectivity index (χ4n) is 2.71. The van der Waals surface area contributed by atoms with Crippen molar-refractivity contribution in [2.24, 2.45) is 0 Å². The van der Waals surface area contributed by atoms with E-state index in [0.29, 0.717) is 13.2 Å². The lowest BCUT2D eigenvalue weighted by Crippen LogP contribution is -2.40. The molecule has 26 heavy (non-hydrogen) atoms. The lowest BCUT2D eigenvalue weighted by atomic mass is 10.1. The van der Waals surface area contributed by atoms with Crippen LogP contribution in [-0.4, -0.2) is 48.3 Å². The second-order valence-corrected chi connectivity index (χ2v) is 6.24. The van der Waals surface area contributed by atoms with Crippen molar-refractivity contribution in [2.45, 2.75) is 26.1 Å². The highest BCUT2D eigenvalue weighted by molar-refractivity contribution is 5.77. The van der Waals surface area contributed by atoms with Gasteiger partial charge in [0.15, 0.2) is 0 Å². The van der Waals surface area contributed by atoms with Gasteiger partial charge in [-0.2, -0.15) is 0 Å². The van der Waals surface area contributed by atoms with Gasteiger partial charge in [-0.05, 0) is 18.1 Å². The Hall–Kier alpha value is -2.21. The number of hydrogen-bond donors (Lipinski definition) is 2. The zero-order valence-corrected chi connectivity index (χ0v) is 15.3. The van der Waals surface area contributed by atoms with Crippen molar-refractivity contribution >= 4 is 5.91 Å². The second kappa shape index (κ2) is 11.4.